The number of carboxylic acid groups (broad SMARTS) is 1. The summed E-state index contributed by atoms with van der Waals surface area (Å²) in [5, 5.41) is 12.4. The molecule has 3 aromatic heterocycles. The molecule has 1 unspecified atom stereocenters. The zero-order valence-electron chi connectivity index (χ0n) is 22.1. The molecule has 43 heavy (non-hydrogen) atoms. The van der Waals surface area contributed by atoms with Crippen LogP contribution in [0.1, 0.15) is 39.6 Å². The predicted octanol–water partition coefficient (Wildman–Crippen LogP) is 6.04. The van der Waals surface area contributed by atoms with Crippen molar-refractivity contribution in [1.82, 2.24) is 19.7 Å². The summed E-state index contributed by atoms with van der Waals surface area (Å²) in [6, 6.07) is 11.5. The number of pyridine rings is 1. The Hall–Kier alpha value is -4.85. The molecule has 222 valence electrons. The van der Waals surface area contributed by atoms with E-state index in [2.05, 4.69) is 19.6 Å². The summed E-state index contributed by atoms with van der Waals surface area (Å²) in [6.07, 6.45) is -4.06. The number of hydrogen-bond acceptors (Lipinski definition) is 7. The van der Waals surface area contributed by atoms with Crippen LogP contribution in [-0.4, -0.2) is 43.5 Å². The second-order valence-corrected chi connectivity index (χ2v) is 9.85. The van der Waals surface area contributed by atoms with Crippen molar-refractivity contribution in [1.29, 1.82) is 0 Å². The van der Waals surface area contributed by atoms with Crippen molar-refractivity contribution in [2.24, 2.45) is 0 Å². The number of carbonyl (C=O) groups is 1. The van der Waals surface area contributed by atoms with Gasteiger partial charge in [-0.1, -0.05) is 11.2 Å². The molecule has 1 N–H and O–H groups in total. The van der Waals surface area contributed by atoms with Gasteiger partial charge in [-0.2, -0.15) is 13.2 Å². The molecule has 14 heteroatoms. The average molecular weight is 600 g/mol. The molecular formula is C29H21F5N4O5. The highest BCUT2D eigenvalue weighted by Gasteiger charge is 2.35. The van der Waals surface area contributed by atoms with E-state index in [4.69, 9.17) is 9.47 Å². The summed E-state index contributed by atoms with van der Waals surface area (Å²) in [5.41, 5.74) is -0.187. The first kappa shape index (κ1) is 28.3. The van der Waals surface area contributed by atoms with Gasteiger partial charge < -0.3 is 23.7 Å². The molecule has 1 atom stereocenters. The second kappa shape index (κ2) is 11.1. The molecule has 6 rings (SSSR count). The number of aromatic nitrogens is 4. The van der Waals surface area contributed by atoms with Gasteiger partial charge >= 0.3 is 12.1 Å². The lowest BCUT2D eigenvalue weighted by atomic mass is 10.0. The number of nitrogens with zero attached hydrogens (tertiary/aromatic N) is 4. The van der Waals surface area contributed by atoms with Gasteiger partial charge in [-0.15, -0.1) is 0 Å². The van der Waals surface area contributed by atoms with Crippen molar-refractivity contribution in [3.63, 3.8) is 0 Å². The Morgan fingerprint density at radius 2 is 1.88 bits per heavy atom. The molecular weight excluding hydrogens is 579 g/mol. The molecule has 4 heterocycles. The van der Waals surface area contributed by atoms with Crippen molar-refractivity contribution in [2.45, 2.75) is 38.3 Å². The highest BCUT2D eigenvalue weighted by Crippen LogP contribution is 2.30. The van der Waals surface area contributed by atoms with Crippen LogP contribution < -0.4 is 4.74 Å². The smallest absolute Gasteiger partial charge is 0.436 e. The van der Waals surface area contributed by atoms with Crippen LogP contribution in [0.5, 0.6) is 5.88 Å². The fraction of sp³-hybridized carbons (Fsp3) is 0.241. The lowest BCUT2D eigenvalue weighted by molar-refractivity contribution is -0.142. The molecule has 0 bridgehead atoms. The predicted molar refractivity (Wildman–Crippen MR) is 139 cm³/mol. The van der Waals surface area contributed by atoms with Crippen LogP contribution in [0, 0.1) is 11.6 Å². The molecule has 1 fully saturated rings. The third-order valence-electron chi connectivity index (χ3n) is 6.95. The largest absolute Gasteiger partial charge is 0.478 e. The summed E-state index contributed by atoms with van der Waals surface area (Å²) < 4.78 is 86.2. The van der Waals surface area contributed by atoms with Gasteiger partial charge in [0, 0.05) is 30.7 Å². The van der Waals surface area contributed by atoms with Crippen LogP contribution in [0.25, 0.3) is 22.3 Å². The molecule has 0 radical (unpaired) electrons. The van der Waals surface area contributed by atoms with Crippen molar-refractivity contribution in [3.8, 4) is 17.1 Å². The minimum absolute atomic E-state index is 0.0176. The second-order valence-electron chi connectivity index (χ2n) is 9.85. The van der Waals surface area contributed by atoms with Gasteiger partial charge in [0.05, 0.1) is 34.9 Å². The molecule has 9 nitrogen and oxygen atoms in total. The van der Waals surface area contributed by atoms with E-state index in [1.165, 1.54) is 30.3 Å². The lowest BCUT2D eigenvalue weighted by Crippen LogP contribution is -2.31. The number of imidazole rings is 1. The molecule has 0 aliphatic carbocycles. The fourth-order valence-electron chi connectivity index (χ4n) is 4.67. The Kier molecular flexibility index (Phi) is 7.30. The average Bonchev–Trinajstić information content (AvgIpc) is 3.56. The minimum atomic E-state index is -4.67. The first-order valence-electron chi connectivity index (χ1n) is 13.0. The van der Waals surface area contributed by atoms with Crippen LogP contribution in [0.4, 0.5) is 22.0 Å². The standard InChI is InChI=1S/C29H21F5N4O5/c30-20-12-19(22-2-1-3-27(36-22)42-14-18-11-25(37-43-18)29(32,33)34)21(31)8-16(20)10-26-35-23-5-4-15(28(39)40)9-24(23)38(26)13-17-6-7-41-17/h1-5,8-9,11-12,17H,6-7,10,13-14H2,(H,39,40). The summed E-state index contributed by atoms with van der Waals surface area (Å²) in [4.78, 5) is 20.2. The Balaban J connectivity index is 1.25. The normalized spacial score (nSPS) is 15.0. The van der Waals surface area contributed by atoms with E-state index in [0.29, 0.717) is 36.1 Å². The fourth-order valence-corrected chi connectivity index (χ4v) is 4.67. The monoisotopic (exact) mass is 600 g/mol. The van der Waals surface area contributed by atoms with Gasteiger partial charge in [-0.25, -0.2) is 23.5 Å². The highest BCUT2D eigenvalue weighted by atomic mass is 19.4. The van der Waals surface area contributed by atoms with Crippen molar-refractivity contribution in [2.75, 3.05) is 6.61 Å². The van der Waals surface area contributed by atoms with E-state index in [9.17, 15) is 23.1 Å². The summed E-state index contributed by atoms with van der Waals surface area (Å²) >= 11 is 0. The van der Waals surface area contributed by atoms with Gasteiger partial charge in [0.25, 0.3) is 0 Å². The van der Waals surface area contributed by atoms with Crippen LogP contribution in [0.15, 0.2) is 59.1 Å². The van der Waals surface area contributed by atoms with E-state index in [-0.39, 0.29) is 46.5 Å². The summed E-state index contributed by atoms with van der Waals surface area (Å²) in [7, 11) is 0. The number of carboxylic acids is 1. The van der Waals surface area contributed by atoms with Crippen LogP contribution >= 0.6 is 0 Å². The van der Waals surface area contributed by atoms with E-state index in [1.807, 2.05) is 0 Å². The third kappa shape index (κ3) is 5.91. The number of halogens is 5. The number of ether oxygens (including phenoxy) is 2. The maximum absolute atomic E-state index is 15.4. The Labute approximate surface area is 239 Å². The number of alkyl halides is 3. The first-order valence-corrected chi connectivity index (χ1v) is 13.0. The lowest BCUT2D eigenvalue weighted by Gasteiger charge is -2.27. The maximum atomic E-state index is 15.4. The van der Waals surface area contributed by atoms with Crippen molar-refractivity contribution < 1.29 is 45.8 Å². The van der Waals surface area contributed by atoms with Crippen LogP contribution in [0.3, 0.4) is 0 Å². The van der Waals surface area contributed by atoms with Gasteiger partial charge in [0.1, 0.15) is 17.5 Å². The molecule has 0 saturated carbocycles. The molecule has 1 aliphatic rings. The number of hydrogen-bond donors (Lipinski definition) is 1. The number of benzene rings is 2. The number of rotatable bonds is 9. The van der Waals surface area contributed by atoms with E-state index >= 15 is 8.78 Å². The zero-order valence-corrected chi connectivity index (χ0v) is 22.1. The summed E-state index contributed by atoms with van der Waals surface area (Å²) in [6.45, 7) is 0.559. The number of aromatic carboxylic acids is 1. The molecule has 2 aromatic carbocycles. The van der Waals surface area contributed by atoms with Gasteiger partial charge in [0.15, 0.2) is 18.1 Å². The van der Waals surface area contributed by atoms with Crippen LogP contribution in [-0.2, 0) is 30.5 Å². The maximum Gasteiger partial charge on any atom is 0.436 e. The van der Waals surface area contributed by atoms with Crippen molar-refractivity contribution >= 4 is 17.0 Å². The molecule has 5 aromatic rings. The van der Waals surface area contributed by atoms with Gasteiger partial charge in [-0.3, -0.25) is 0 Å². The molecule has 1 aliphatic heterocycles. The zero-order chi connectivity index (χ0) is 30.3. The SMILES string of the molecule is O=C(O)c1ccc2nc(Cc3cc(F)c(-c4cccc(OCc5cc(C(F)(F)F)no5)n4)cc3F)n(CC3CCO3)c2c1. The van der Waals surface area contributed by atoms with Crippen LogP contribution in [0.2, 0.25) is 0 Å². The topological polar surface area (TPSA) is 113 Å². The minimum Gasteiger partial charge on any atom is -0.478 e. The third-order valence-corrected chi connectivity index (χ3v) is 6.95. The van der Waals surface area contributed by atoms with Crippen molar-refractivity contribution in [3.05, 3.63) is 94.6 Å². The summed E-state index contributed by atoms with van der Waals surface area (Å²) in [5.74, 6) is -2.45. The van der Waals surface area contributed by atoms with Gasteiger partial charge in [-0.05, 0) is 48.4 Å². The first-order chi connectivity index (χ1) is 20.5. The molecule has 0 amide bonds. The Morgan fingerprint density at radius 3 is 2.58 bits per heavy atom. The molecule has 1 saturated heterocycles. The quantitative estimate of drug-likeness (QED) is 0.204. The van der Waals surface area contributed by atoms with E-state index < -0.39 is 36.1 Å². The Bertz CT molecular complexity index is 1830. The Morgan fingerprint density at radius 1 is 1.07 bits per heavy atom. The van der Waals surface area contributed by atoms with E-state index in [1.54, 1.807) is 10.6 Å². The van der Waals surface area contributed by atoms with Gasteiger partial charge in [0.2, 0.25) is 5.88 Å². The molecule has 0 spiro atoms. The highest BCUT2D eigenvalue weighted by molar-refractivity contribution is 5.92. The number of fused-ring (bicyclic) bond motifs is 1. The van der Waals surface area contributed by atoms with E-state index in [0.717, 1.165) is 18.6 Å².